The minimum atomic E-state index is -0.372. The van der Waals surface area contributed by atoms with Crippen molar-refractivity contribution in [1.82, 2.24) is 14.7 Å². The van der Waals surface area contributed by atoms with Crippen LogP contribution in [0.25, 0.3) is 0 Å². The summed E-state index contributed by atoms with van der Waals surface area (Å²) in [5.74, 6) is 0.0128. The molecule has 21 heavy (non-hydrogen) atoms. The molecule has 1 aliphatic rings. The first-order valence-corrected chi connectivity index (χ1v) is 7.64. The lowest BCUT2D eigenvalue weighted by Crippen LogP contribution is -2.56. The summed E-state index contributed by atoms with van der Waals surface area (Å²) in [7, 11) is 0. The average molecular weight is 294 g/mol. The van der Waals surface area contributed by atoms with Crippen LogP contribution in [-0.4, -0.2) is 51.9 Å². The van der Waals surface area contributed by atoms with Crippen LogP contribution in [-0.2, 0) is 17.7 Å². The van der Waals surface area contributed by atoms with Crippen LogP contribution in [0.5, 0.6) is 0 Å². The Balaban J connectivity index is 2.24. The van der Waals surface area contributed by atoms with Gasteiger partial charge in [0, 0.05) is 26.2 Å². The van der Waals surface area contributed by atoms with Crippen molar-refractivity contribution in [1.29, 1.82) is 0 Å². The lowest BCUT2D eigenvalue weighted by molar-refractivity contribution is -0.122. The van der Waals surface area contributed by atoms with Crippen molar-refractivity contribution in [2.45, 2.75) is 52.4 Å². The third-order valence-corrected chi connectivity index (χ3v) is 3.74. The topological polar surface area (TPSA) is 73.4 Å². The van der Waals surface area contributed by atoms with Gasteiger partial charge in [-0.2, -0.15) is 5.10 Å². The second kappa shape index (κ2) is 6.15. The van der Waals surface area contributed by atoms with Gasteiger partial charge in [0.2, 0.25) is 0 Å². The molecule has 1 saturated heterocycles. The lowest BCUT2D eigenvalue weighted by Gasteiger charge is -2.42. The van der Waals surface area contributed by atoms with E-state index in [1.807, 2.05) is 38.7 Å². The van der Waals surface area contributed by atoms with E-state index in [1.54, 1.807) is 4.68 Å². The van der Waals surface area contributed by atoms with Gasteiger partial charge in [-0.25, -0.2) is 0 Å². The molecule has 0 bridgehead atoms. The maximum atomic E-state index is 12.8. The summed E-state index contributed by atoms with van der Waals surface area (Å²) in [6, 6.07) is 1.89. The quantitative estimate of drug-likeness (QED) is 0.900. The molecule has 2 heterocycles. The maximum absolute atomic E-state index is 12.8. The predicted molar refractivity (Wildman–Crippen MR) is 81.2 cm³/mol. The molecular weight excluding hydrogens is 268 g/mol. The van der Waals surface area contributed by atoms with Gasteiger partial charge >= 0.3 is 0 Å². The van der Waals surface area contributed by atoms with E-state index >= 15 is 0 Å². The summed E-state index contributed by atoms with van der Waals surface area (Å²) in [6.45, 7) is 10.2. The van der Waals surface area contributed by atoms with Crippen molar-refractivity contribution in [3.05, 3.63) is 17.5 Å². The zero-order valence-corrected chi connectivity index (χ0v) is 13.4. The number of hydrogen-bond donors (Lipinski definition) is 1. The third-order valence-electron chi connectivity index (χ3n) is 3.74. The third kappa shape index (κ3) is 3.44. The van der Waals surface area contributed by atoms with E-state index in [0.717, 1.165) is 12.1 Å². The monoisotopic (exact) mass is 294 g/mol. The number of nitrogens with two attached hydrogens (primary N) is 1. The number of aromatic nitrogens is 2. The highest BCUT2D eigenvalue weighted by atomic mass is 16.5. The van der Waals surface area contributed by atoms with E-state index in [4.69, 9.17) is 10.5 Å². The largest absolute Gasteiger partial charge is 0.367 e. The zero-order valence-electron chi connectivity index (χ0n) is 13.4. The number of morpholine rings is 1. The second-order valence-electron chi connectivity index (χ2n) is 6.11. The van der Waals surface area contributed by atoms with Crippen molar-refractivity contribution < 1.29 is 9.53 Å². The number of amides is 1. The van der Waals surface area contributed by atoms with Crippen LogP contribution in [0.4, 0.5) is 0 Å². The molecule has 1 atom stereocenters. The van der Waals surface area contributed by atoms with Crippen LogP contribution < -0.4 is 5.73 Å². The number of carbonyl (C=O) groups excluding carboxylic acids is 1. The Morgan fingerprint density at radius 2 is 2.24 bits per heavy atom. The highest BCUT2D eigenvalue weighted by Gasteiger charge is 2.36. The molecule has 0 aliphatic carbocycles. The summed E-state index contributed by atoms with van der Waals surface area (Å²) >= 11 is 0. The normalized spacial score (nSPS) is 21.6. The molecule has 0 radical (unpaired) electrons. The van der Waals surface area contributed by atoms with Crippen molar-refractivity contribution >= 4 is 5.91 Å². The maximum Gasteiger partial charge on any atom is 0.272 e. The smallest absolute Gasteiger partial charge is 0.272 e. The molecule has 1 aromatic heterocycles. The molecule has 1 fully saturated rings. The molecule has 0 saturated carbocycles. The molecule has 1 amide bonds. The first-order chi connectivity index (χ1) is 9.90. The second-order valence-corrected chi connectivity index (χ2v) is 6.11. The molecule has 1 aliphatic heterocycles. The molecule has 0 spiro atoms. The van der Waals surface area contributed by atoms with Crippen LogP contribution in [0, 0.1) is 0 Å². The van der Waals surface area contributed by atoms with Crippen molar-refractivity contribution in [2.24, 2.45) is 5.73 Å². The molecule has 6 heteroatoms. The molecule has 118 valence electrons. The van der Waals surface area contributed by atoms with Gasteiger partial charge in [0.1, 0.15) is 5.69 Å². The Morgan fingerprint density at radius 1 is 1.52 bits per heavy atom. The lowest BCUT2D eigenvalue weighted by atomic mass is 10.0. The van der Waals surface area contributed by atoms with Crippen molar-refractivity contribution in [2.75, 3.05) is 19.6 Å². The number of aryl methyl sites for hydroxylation is 2. The number of carbonyl (C=O) groups is 1. The van der Waals surface area contributed by atoms with Crippen LogP contribution in [0.15, 0.2) is 6.07 Å². The number of hydrogen-bond acceptors (Lipinski definition) is 4. The highest BCUT2D eigenvalue weighted by molar-refractivity contribution is 5.93. The van der Waals surface area contributed by atoms with Gasteiger partial charge in [-0.05, 0) is 33.3 Å². The van der Waals surface area contributed by atoms with Gasteiger partial charge in [0.25, 0.3) is 5.91 Å². The first kappa shape index (κ1) is 16.0. The molecule has 6 nitrogen and oxygen atoms in total. The Kier molecular flexibility index (Phi) is 4.68. The Labute approximate surface area is 126 Å². The minimum absolute atomic E-state index is 0.0128. The number of ether oxygens (including phenoxy) is 1. The summed E-state index contributed by atoms with van der Waals surface area (Å²) in [4.78, 5) is 14.7. The van der Waals surface area contributed by atoms with Crippen LogP contribution in [0.2, 0.25) is 0 Å². The van der Waals surface area contributed by atoms with E-state index in [-0.39, 0.29) is 17.6 Å². The van der Waals surface area contributed by atoms with Gasteiger partial charge < -0.3 is 15.4 Å². The summed E-state index contributed by atoms with van der Waals surface area (Å²) in [5, 5.41) is 4.45. The zero-order chi connectivity index (χ0) is 15.6. The van der Waals surface area contributed by atoms with E-state index in [2.05, 4.69) is 5.10 Å². The Morgan fingerprint density at radius 3 is 2.81 bits per heavy atom. The van der Waals surface area contributed by atoms with E-state index in [9.17, 15) is 4.79 Å². The molecule has 2 rings (SSSR count). The van der Waals surface area contributed by atoms with Gasteiger partial charge in [0.05, 0.1) is 17.4 Å². The van der Waals surface area contributed by atoms with Crippen LogP contribution in [0.3, 0.4) is 0 Å². The van der Waals surface area contributed by atoms with Gasteiger partial charge in [-0.15, -0.1) is 0 Å². The minimum Gasteiger partial charge on any atom is -0.367 e. The van der Waals surface area contributed by atoms with Gasteiger partial charge in [0.15, 0.2) is 0 Å². The standard InChI is InChI=1S/C15H26N4O2/c1-5-11-7-13(19(6-2)17-11)14(20)18-9-12(8-16)21-15(3,4)10-18/h7,12H,5-6,8-10,16H2,1-4H3. The SMILES string of the molecule is CCc1cc(C(=O)N2CC(CN)OC(C)(C)C2)n(CC)n1. The first-order valence-electron chi connectivity index (χ1n) is 7.64. The van der Waals surface area contributed by atoms with Crippen molar-refractivity contribution in [3.8, 4) is 0 Å². The summed E-state index contributed by atoms with van der Waals surface area (Å²) in [5.41, 5.74) is 6.96. The Bertz CT molecular complexity index is 510. The molecule has 2 N–H and O–H groups in total. The number of rotatable bonds is 4. The molecule has 1 unspecified atom stereocenters. The fourth-order valence-corrected chi connectivity index (χ4v) is 2.79. The van der Waals surface area contributed by atoms with E-state index in [1.165, 1.54) is 0 Å². The fraction of sp³-hybridized carbons (Fsp3) is 0.733. The number of nitrogens with zero attached hydrogens (tertiary/aromatic N) is 3. The Hall–Kier alpha value is -1.40. The predicted octanol–water partition coefficient (Wildman–Crippen LogP) is 1.04. The molecule has 1 aromatic rings. The van der Waals surface area contributed by atoms with Crippen LogP contribution >= 0.6 is 0 Å². The fourth-order valence-electron chi connectivity index (χ4n) is 2.79. The van der Waals surface area contributed by atoms with Crippen LogP contribution in [0.1, 0.15) is 43.9 Å². The highest BCUT2D eigenvalue weighted by Crippen LogP contribution is 2.22. The molecular formula is C15H26N4O2. The average Bonchev–Trinajstić information content (AvgIpc) is 2.87. The summed E-state index contributed by atoms with van der Waals surface area (Å²) < 4.78 is 7.66. The van der Waals surface area contributed by atoms with E-state index in [0.29, 0.717) is 31.9 Å². The van der Waals surface area contributed by atoms with E-state index < -0.39 is 0 Å². The molecule has 0 aromatic carbocycles. The summed E-state index contributed by atoms with van der Waals surface area (Å²) in [6.07, 6.45) is 0.717. The van der Waals surface area contributed by atoms with Gasteiger partial charge in [-0.3, -0.25) is 9.48 Å². The van der Waals surface area contributed by atoms with Gasteiger partial charge in [-0.1, -0.05) is 6.92 Å². The van der Waals surface area contributed by atoms with Crippen molar-refractivity contribution in [3.63, 3.8) is 0 Å².